The van der Waals surface area contributed by atoms with Gasteiger partial charge in [0.1, 0.15) is 19.0 Å². The van der Waals surface area contributed by atoms with E-state index < -0.39 is 18.3 Å². The lowest BCUT2D eigenvalue weighted by Crippen LogP contribution is -2.30. The molecule has 2 atom stereocenters. The van der Waals surface area contributed by atoms with Gasteiger partial charge in [0.15, 0.2) is 0 Å². The summed E-state index contributed by atoms with van der Waals surface area (Å²) in [6, 6.07) is 7.25. The second-order valence-electron chi connectivity index (χ2n) is 3.88. The molecular formula is C13H18ClNO4. The van der Waals surface area contributed by atoms with Crippen molar-refractivity contribution in [3.05, 3.63) is 34.9 Å². The average molecular weight is 288 g/mol. The van der Waals surface area contributed by atoms with E-state index in [2.05, 4.69) is 5.32 Å². The van der Waals surface area contributed by atoms with Gasteiger partial charge >= 0.3 is 6.09 Å². The first-order chi connectivity index (χ1) is 9.10. The summed E-state index contributed by atoms with van der Waals surface area (Å²) in [6.07, 6.45) is -1.52. The van der Waals surface area contributed by atoms with E-state index >= 15 is 0 Å². The highest BCUT2D eigenvalue weighted by Crippen LogP contribution is 2.29. The highest BCUT2D eigenvalue weighted by molar-refractivity contribution is 6.31. The van der Waals surface area contributed by atoms with E-state index in [0.717, 1.165) is 5.56 Å². The number of alkyl carbamates (subject to hydrolysis) is 1. The Morgan fingerprint density at radius 1 is 1.42 bits per heavy atom. The summed E-state index contributed by atoms with van der Waals surface area (Å²) in [4.78, 5) is 11.3. The molecule has 0 aromatic heterocycles. The van der Waals surface area contributed by atoms with Crippen LogP contribution in [-0.4, -0.2) is 33.1 Å². The number of halogens is 1. The second-order valence-corrected chi connectivity index (χ2v) is 4.28. The first-order valence-electron chi connectivity index (χ1n) is 5.83. The van der Waals surface area contributed by atoms with E-state index in [9.17, 15) is 4.79 Å². The quantitative estimate of drug-likeness (QED) is 0.818. The molecule has 106 valence electrons. The third kappa shape index (κ3) is 4.70. The van der Waals surface area contributed by atoms with Gasteiger partial charge in [-0.3, -0.25) is 0 Å². The summed E-state index contributed by atoms with van der Waals surface area (Å²) < 4.78 is 15.6. The Morgan fingerprint density at radius 3 is 2.68 bits per heavy atom. The van der Waals surface area contributed by atoms with Crippen LogP contribution in [0.15, 0.2) is 24.3 Å². The molecule has 1 amide bonds. The van der Waals surface area contributed by atoms with Gasteiger partial charge in [0.25, 0.3) is 0 Å². The smallest absolute Gasteiger partial charge is 0.407 e. The molecule has 0 radical (unpaired) electrons. The van der Waals surface area contributed by atoms with Crippen molar-refractivity contribution in [3.8, 4) is 0 Å². The number of ether oxygens (including phenoxy) is 3. The van der Waals surface area contributed by atoms with E-state index in [-0.39, 0.29) is 6.79 Å². The fraction of sp³-hybridized carbons (Fsp3) is 0.462. The van der Waals surface area contributed by atoms with E-state index in [1.807, 2.05) is 18.2 Å². The summed E-state index contributed by atoms with van der Waals surface area (Å²) in [5, 5.41) is 2.94. The lowest BCUT2D eigenvalue weighted by Gasteiger charge is -2.25. The summed E-state index contributed by atoms with van der Waals surface area (Å²) in [6.45, 7) is 1.82. The zero-order chi connectivity index (χ0) is 14.3. The van der Waals surface area contributed by atoms with Crippen molar-refractivity contribution in [1.82, 2.24) is 5.32 Å². The average Bonchev–Trinajstić information content (AvgIpc) is 2.40. The standard InChI is InChI=1S/C13H18ClNO4/c1-9(19-13(16)15-2)12(18-8-17-3)10-6-4-5-7-11(10)14/h4-7,9,12H,8H2,1-3H3,(H,15,16)/t9-,12+/m1/s1. The summed E-state index contributed by atoms with van der Waals surface area (Å²) >= 11 is 6.14. The van der Waals surface area contributed by atoms with Crippen LogP contribution in [0.2, 0.25) is 5.02 Å². The zero-order valence-electron chi connectivity index (χ0n) is 11.2. The predicted octanol–water partition coefficient (Wildman–Crippen LogP) is 2.75. The molecule has 1 rings (SSSR count). The van der Waals surface area contributed by atoms with Crippen molar-refractivity contribution in [1.29, 1.82) is 0 Å². The third-order valence-electron chi connectivity index (χ3n) is 2.50. The van der Waals surface area contributed by atoms with Crippen LogP contribution < -0.4 is 5.32 Å². The van der Waals surface area contributed by atoms with Crippen molar-refractivity contribution in [3.63, 3.8) is 0 Å². The maximum absolute atomic E-state index is 11.3. The maximum Gasteiger partial charge on any atom is 0.407 e. The zero-order valence-corrected chi connectivity index (χ0v) is 11.9. The third-order valence-corrected chi connectivity index (χ3v) is 2.84. The van der Waals surface area contributed by atoms with Gasteiger partial charge in [0.05, 0.1) is 0 Å². The lowest BCUT2D eigenvalue weighted by atomic mass is 10.1. The molecule has 0 saturated carbocycles. The maximum atomic E-state index is 11.3. The van der Waals surface area contributed by atoms with Crippen molar-refractivity contribution in [2.75, 3.05) is 21.0 Å². The van der Waals surface area contributed by atoms with Gasteiger partial charge < -0.3 is 19.5 Å². The molecule has 0 fully saturated rings. The van der Waals surface area contributed by atoms with E-state index in [1.165, 1.54) is 14.2 Å². The Bertz CT molecular complexity index is 413. The molecule has 0 aliphatic carbocycles. The topological polar surface area (TPSA) is 56.8 Å². The minimum absolute atomic E-state index is 0.0807. The minimum Gasteiger partial charge on any atom is -0.443 e. The number of nitrogens with one attached hydrogen (secondary N) is 1. The molecule has 0 spiro atoms. The van der Waals surface area contributed by atoms with Gasteiger partial charge in [-0.1, -0.05) is 29.8 Å². The van der Waals surface area contributed by atoms with Gasteiger partial charge in [-0.15, -0.1) is 0 Å². The molecule has 0 unspecified atom stereocenters. The molecule has 1 aromatic rings. The number of benzene rings is 1. The number of methoxy groups -OCH3 is 1. The number of amides is 1. The Hall–Kier alpha value is -1.30. The first kappa shape index (κ1) is 15.8. The van der Waals surface area contributed by atoms with Crippen LogP contribution in [0.5, 0.6) is 0 Å². The number of carbonyl (C=O) groups is 1. The fourth-order valence-electron chi connectivity index (χ4n) is 1.61. The SMILES string of the molecule is CNC(=O)O[C@H](C)[C@H](OCOC)c1ccccc1Cl. The van der Waals surface area contributed by atoms with Crippen LogP contribution in [0.25, 0.3) is 0 Å². The Kier molecular flexibility index (Phi) is 6.62. The number of hydrogen-bond acceptors (Lipinski definition) is 4. The molecule has 1 aromatic carbocycles. The van der Waals surface area contributed by atoms with E-state index in [4.69, 9.17) is 25.8 Å². The molecule has 0 aliphatic rings. The van der Waals surface area contributed by atoms with Crippen LogP contribution in [-0.2, 0) is 14.2 Å². The van der Waals surface area contributed by atoms with Gasteiger partial charge in [-0.25, -0.2) is 4.79 Å². The highest BCUT2D eigenvalue weighted by Gasteiger charge is 2.25. The number of hydrogen-bond donors (Lipinski definition) is 1. The van der Waals surface area contributed by atoms with Crippen LogP contribution in [0.4, 0.5) is 4.79 Å². The van der Waals surface area contributed by atoms with Crippen LogP contribution >= 0.6 is 11.6 Å². The molecule has 0 heterocycles. The molecule has 1 N–H and O–H groups in total. The summed E-state index contributed by atoms with van der Waals surface area (Å²) in [5.41, 5.74) is 0.748. The molecule has 5 nitrogen and oxygen atoms in total. The van der Waals surface area contributed by atoms with Crippen LogP contribution in [0.3, 0.4) is 0 Å². The van der Waals surface area contributed by atoms with Crippen molar-refractivity contribution in [2.24, 2.45) is 0 Å². The monoisotopic (exact) mass is 287 g/mol. The first-order valence-corrected chi connectivity index (χ1v) is 6.21. The molecular weight excluding hydrogens is 270 g/mol. The minimum atomic E-state index is -0.523. The van der Waals surface area contributed by atoms with E-state index in [0.29, 0.717) is 5.02 Å². The molecule has 0 saturated heterocycles. The normalized spacial score (nSPS) is 13.7. The van der Waals surface area contributed by atoms with Gasteiger partial charge in [0, 0.05) is 24.7 Å². The molecule has 0 bridgehead atoms. The Balaban J connectivity index is 2.88. The van der Waals surface area contributed by atoms with Crippen LogP contribution in [0.1, 0.15) is 18.6 Å². The van der Waals surface area contributed by atoms with E-state index in [1.54, 1.807) is 13.0 Å². The number of rotatable bonds is 6. The molecule has 0 aliphatic heterocycles. The lowest BCUT2D eigenvalue weighted by molar-refractivity contribution is -0.111. The largest absolute Gasteiger partial charge is 0.443 e. The highest BCUT2D eigenvalue weighted by atomic mass is 35.5. The Labute approximate surface area is 117 Å². The van der Waals surface area contributed by atoms with Gasteiger partial charge in [0.2, 0.25) is 0 Å². The fourth-order valence-corrected chi connectivity index (χ4v) is 1.86. The van der Waals surface area contributed by atoms with Crippen molar-refractivity contribution in [2.45, 2.75) is 19.1 Å². The molecule has 6 heteroatoms. The van der Waals surface area contributed by atoms with Crippen LogP contribution in [0, 0.1) is 0 Å². The summed E-state index contributed by atoms with van der Waals surface area (Å²) in [5.74, 6) is 0. The van der Waals surface area contributed by atoms with Gasteiger partial charge in [-0.2, -0.15) is 0 Å². The summed E-state index contributed by atoms with van der Waals surface area (Å²) in [7, 11) is 3.02. The number of carbonyl (C=O) groups excluding carboxylic acids is 1. The molecule has 19 heavy (non-hydrogen) atoms. The van der Waals surface area contributed by atoms with Crippen molar-refractivity contribution < 1.29 is 19.0 Å². The van der Waals surface area contributed by atoms with Gasteiger partial charge in [-0.05, 0) is 13.0 Å². The van der Waals surface area contributed by atoms with Crippen molar-refractivity contribution >= 4 is 17.7 Å². The Morgan fingerprint density at radius 2 is 2.11 bits per heavy atom. The second kappa shape index (κ2) is 7.99. The predicted molar refractivity (Wildman–Crippen MR) is 72.2 cm³/mol.